The van der Waals surface area contributed by atoms with Gasteiger partial charge in [-0.1, -0.05) is 12.8 Å². The van der Waals surface area contributed by atoms with Crippen LogP contribution in [-0.2, 0) is 10.0 Å². The van der Waals surface area contributed by atoms with Crippen LogP contribution in [0.3, 0.4) is 0 Å². The van der Waals surface area contributed by atoms with E-state index in [1.165, 1.54) is 12.1 Å². The van der Waals surface area contributed by atoms with Gasteiger partial charge in [-0.05, 0) is 30.7 Å². The van der Waals surface area contributed by atoms with Gasteiger partial charge in [-0.25, -0.2) is 13.6 Å². The SMILES string of the molecule is C#CC(CC)Nc1ccc(S(N)(=O)=O)cc1. The van der Waals surface area contributed by atoms with Crippen LogP contribution in [0.25, 0.3) is 0 Å². The molecular weight excluding hydrogens is 224 g/mol. The van der Waals surface area contributed by atoms with Crippen molar-refractivity contribution in [1.82, 2.24) is 0 Å². The molecular formula is C11H14N2O2S. The van der Waals surface area contributed by atoms with Crippen molar-refractivity contribution in [3.63, 3.8) is 0 Å². The second-order valence-corrected chi connectivity index (χ2v) is 4.90. The maximum Gasteiger partial charge on any atom is 0.238 e. The van der Waals surface area contributed by atoms with E-state index in [1.54, 1.807) is 12.1 Å². The van der Waals surface area contributed by atoms with E-state index >= 15 is 0 Å². The van der Waals surface area contributed by atoms with Gasteiger partial charge in [0.05, 0.1) is 10.9 Å². The van der Waals surface area contributed by atoms with E-state index in [2.05, 4.69) is 11.2 Å². The molecule has 1 atom stereocenters. The van der Waals surface area contributed by atoms with Crippen molar-refractivity contribution in [2.45, 2.75) is 24.3 Å². The molecule has 86 valence electrons. The third kappa shape index (κ3) is 3.26. The van der Waals surface area contributed by atoms with E-state index in [-0.39, 0.29) is 10.9 Å². The van der Waals surface area contributed by atoms with Crippen LogP contribution < -0.4 is 10.5 Å². The number of anilines is 1. The van der Waals surface area contributed by atoms with Gasteiger partial charge in [-0.2, -0.15) is 0 Å². The zero-order chi connectivity index (χ0) is 12.2. The minimum absolute atomic E-state index is 0.0552. The number of terminal acetylenes is 1. The highest BCUT2D eigenvalue weighted by Crippen LogP contribution is 2.14. The highest BCUT2D eigenvalue weighted by atomic mass is 32.2. The van der Waals surface area contributed by atoms with Crippen molar-refractivity contribution in [3.05, 3.63) is 24.3 Å². The van der Waals surface area contributed by atoms with Crippen molar-refractivity contribution in [3.8, 4) is 12.3 Å². The van der Waals surface area contributed by atoms with Crippen molar-refractivity contribution in [2.24, 2.45) is 5.14 Å². The Morgan fingerprint density at radius 1 is 1.44 bits per heavy atom. The maximum atomic E-state index is 11.0. The molecule has 16 heavy (non-hydrogen) atoms. The summed E-state index contributed by atoms with van der Waals surface area (Å²) in [7, 11) is -3.63. The van der Waals surface area contributed by atoms with E-state index in [1.807, 2.05) is 6.92 Å². The summed E-state index contributed by atoms with van der Waals surface area (Å²) in [5, 5.41) is 8.07. The Morgan fingerprint density at radius 3 is 2.38 bits per heavy atom. The number of hydrogen-bond acceptors (Lipinski definition) is 3. The molecule has 1 aromatic rings. The van der Waals surface area contributed by atoms with E-state index < -0.39 is 10.0 Å². The first-order valence-electron chi connectivity index (χ1n) is 4.83. The Kier molecular flexibility index (Phi) is 3.93. The molecule has 1 aromatic carbocycles. The Bertz CT molecular complexity index is 486. The number of rotatable bonds is 4. The van der Waals surface area contributed by atoms with E-state index in [0.29, 0.717) is 0 Å². The summed E-state index contributed by atoms with van der Waals surface area (Å²) in [6.07, 6.45) is 6.10. The summed E-state index contributed by atoms with van der Waals surface area (Å²) in [4.78, 5) is 0.0896. The largest absolute Gasteiger partial charge is 0.372 e. The van der Waals surface area contributed by atoms with Crippen LogP contribution in [0.4, 0.5) is 5.69 Å². The Labute approximate surface area is 95.9 Å². The van der Waals surface area contributed by atoms with Gasteiger partial charge in [0.25, 0.3) is 0 Å². The second kappa shape index (κ2) is 5.01. The Morgan fingerprint density at radius 2 is 2.00 bits per heavy atom. The fraction of sp³-hybridized carbons (Fsp3) is 0.273. The normalized spacial score (nSPS) is 12.8. The number of nitrogens with one attached hydrogen (secondary N) is 1. The van der Waals surface area contributed by atoms with Crippen LogP contribution in [0.2, 0.25) is 0 Å². The number of primary sulfonamides is 1. The fourth-order valence-corrected chi connectivity index (χ4v) is 1.72. The number of hydrogen-bond donors (Lipinski definition) is 2. The minimum atomic E-state index is -3.63. The predicted octanol–water partition coefficient (Wildman–Crippen LogP) is 1.16. The molecule has 3 N–H and O–H groups in total. The number of nitrogens with two attached hydrogens (primary N) is 1. The third-order valence-electron chi connectivity index (χ3n) is 2.13. The predicted molar refractivity (Wildman–Crippen MR) is 64.3 cm³/mol. The van der Waals surface area contributed by atoms with Gasteiger partial charge in [0.15, 0.2) is 0 Å². The van der Waals surface area contributed by atoms with E-state index in [4.69, 9.17) is 11.6 Å². The van der Waals surface area contributed by atoms with Crippen molar-refractivity contribution in [2.75, 3.05) is 5.32 Å². The molecule has 5 heteroatoms. The molecule has 0 aliphatic heterocycles. The van der Waals surface area contributed by atoms with Gasteiger partial charge in [0.1, 0.15) is 0 Å². The summed E-state index contributed by atoms with van der Waals surface area (Å²) in [6.45, 7) is 1.97. The zero-order valence-electron chi connectivity index (χ0n) is 8.97. The fourth-order valence-electron chi connectivity index (χ4n) is 1.20. The molecule has 0 saturated heterocycles. The first kappa shape index (κ1) is 12.6. The Balaban J connectivity index is 2.85. The summed E-state index contributed by atoms with van der Waals surface area (Å²) in [5.74, 6) is 2.59. The van der Waals surface area contributed by atoms with Crippen LogP contribution >= 0.6 is 0 Å². The minimum Gasteiger partial charge on any atom is -0.372 e. The summed E-state index contributed by atoms with van der Waals surface area (Å²) in [5.41, 5.74) is 0.775. The summed E-state index contributed by atoms with van der Waals surface area (Å²) >= 11 is 0. The molecule has 0 heterocycles. The molecule has 0 bridgehead atoms. The van der Waals surface area contributed by atoms with Gasteiger partial charge in [0, 0.05) is 5.69 Å². The molecule has 0 fully saturated rings. The van der Waals surface area contributed by atoms with E-state index in [9.17, 15) is 8.42 Å². The smallest absolute Gasteiger partial charge is 0.238 e. The van der Waals surface area contributed by atoms with E-state index in [0.717, 1.165) is 12.1 Å². The van der Waals surface area contributed by atoms with Crippen molar-refractivity contribution < 1.29 is 8.42 Å². The Hall–Kier alpha value is -1.51. The molecule has 0 spiro atoms. The molecule has 0 aliphatic carbocycles. The topological polar surface area (TPSA) is 72.2 Å². The molecule has 4 nitrogen and oxygen atoms in total. The van der Waals surface area contributed by atoms with Gasteiger partial charge < -0.3 is 5.32 Å². The van der Waals surface area contributed by atoms with Crippen LogP contribution in [0.15, 0.2) is 29.2 Å². The lowest BCUT2D eigenvalue weighted by Crippen LogP contribution is -2.16. The highest BCUT2D eigenvalue weighted by molar-refractivity contribution is 7.89. The summed E-state index contributed by atoms with van der Waals surface area (Å²) < 4.78 is 22.0. The van der Waals surface area contributed by atoms with Gasteiger partial charge in [-0.15, -0.1) is 6.42 Å². The molecule has 1 rings (SSSR count). The van der Waals surface area contributed by atoms with Gasteiger partial charge in [-0.3, -0.25) is 0 Å². The first-order chi connectivity index (χ1) is 7.47. The second-order valence-electron chi connectivity index (χ2n) is 3.34. The standard InChI is InChI=1S/C11H14N2O2S/c1-3-9(4-2)13-10-5-7-11(8-6-10)16(12,14)15/h1,5-9,13H,4H2,2H3,(H2,12,14,15). The highest BCUT2D eigenvalue weighted by Gasteiger charge is 2.07. The molecule has 0 amide bonds. The zero-order valence-corrected chi connectivity index (χ0v) is 9.79. The number of benzene rings is 1. The van der Waals surface area contributed by atoms with Crippen molar-refractivity contribution >= 4 is 15.7 Å². The third-order valence-corrected chi connectivity index (χ3v) is 3.06. The quantitative estimate of drug-likeness (QED) is 0.773. The molecule has 1 unspecified atom stereocenters. The lowest BCUT2D eigenvalue weighted by Gasteiger charge is -2.12. The van der Waals surface area contributed by atoms with Crippen molar-refractivity contribution in [1.29, 1.82) is 0 Å². The maximum absolute atomic E-state index is 11.0. The molecule has 0 radical (unpaired) electrons. The van der Waals surface area contributed by atoms with Crippen LogP contribution in [-0.4, -0.2) is 14.5 Å². The van der Waals surface area contributed by atoms with Crippen LogP contribution in [0.5, 0.6) is 0 Å². The number of sulfonamides is 1. The average Bonchev–Trinajstić information content (AvgIpc) is 2.25. The molecule has 0 aliphatic rings. The van der Waals surface area contributed by atoms with Gasteiger partial charge >= 0.3 is 0 Å². The summed E-state index contributed by atoms with van der Waals surface area (Å²) in [6, 6.07) is 6.11. The monoisotopic (exact) mass is 238 g/mol. The average molecular weight is 238 g/mol. The molecule has 0 aromatic heterocycles. The molecule has 0 saturated carbocycles. The van der Waals surface area contributed by atoms with Gasteiger partial charge in [0.2, 0.25) is 10.0 Å². The first-order valence-corrected chi connectivity index (χ1v) is 6.37. The van der Waals surface area contributed by atoms with Crippen LogP contribution in [0, 0.1) is 12.3 Å². The lowest BCUT2D eigenvalue weighted by molar-refractivity contribution is 0.598. The van der Waals surface area contributed by atoms with Crippen LogP contribution in [0.1, 0.15) is 13.3 Å². The lowest BCUT2D eigenvalue weighted by atomic mass is 10.2.